The van der Waals surface area contributed by atoms with Crippen molar-refractivity contribution in [2.24, 2.45) is 0 Å². The molecule has 1 N–H and O–H groups in total. The maximum Gasteiger partial charge on any atom is 0.270 e. The molecule has 2 aromatic carbocycles. The molecule has 0 spiro atoms. The van der Waals surface area contributed by atoms with Crippen LogP contribution in [0.4, 0.5) is 5.82 Å². The first-order valence-electron chi connectivity index (χ1n) is 9.10. The molecule has 3 aromatic rings. The quantitative estimate of drug-likeness (QED) is 0.697. The number of aryl methyl sites for hydroxylation is 1. The number of nitrogens with zero attached hydrogens (tertiary/aromatic N) is 3. The van der Waals surface area contributed by atoms with Crippen molar-refractivity contribution in [3.63, 3.8) is 0 Å². The average molecular weight is 360 g/mol. The van der Waals surface area contributed by atoms with Crippen LogP contribution in [0.2, 0.25) is 0 Å². The highest BCUT2D eigenvalue weighted by molar-refractivity contribution is 5.92. The number of aromatic nitrogens is 2. The number of hydrogen-bond donors (Lipinski definition) is 1. The maximum atomic E-state index is 12.5. The summed E-state index contributed by atoms with van der Waals surface area (Å²) in [4.78, 5) is 23.1. The molecule has 5 heteroatoms. The molecule has 1 aromatic heterocycles. The number of anilines is 1. The van der Waals surface area contributed by atoms with Crippen LogP contribution < -0.4 is 10.2 Å². The van der Waals surface area contributed by atoms with Gasteiger partial charge in [0.15, 0.2) is 0 Å². The Morgan fingerprint density at radius 1 is 1.00 bits per heavy atom. The summed E-state index contributed by atoms with van der Waals surface area (Å²) in [5, 5.41) is 2.92. The minimum absolute atomic E-state index is 0.199. The van der Waals surface area contributed by atoms with Gasteiger partial charge in [-0.2, -0.15) is 0 Å². The molecular weight excluding hydrogens is 336 g/mol. The number of hydrogen-bond acceptors (Lipinski definition) is 4. The van der Waals surface area contributed by atoms with Crippen LogP contribution in [0, 0.1) is 6.92 Å². The van der Waals surface area contributed by atoms with Gasteiger partial charge in [0.1, 0.15) is 17.8 Å². The normalized spacial score (nSPS) is 10.4. The molecule has 0 aliphatic carbocycles. The van der Waals surface area contributed by atoms with E-state index in [9.17, 15) is 4.79 Å². The molecule has 0 bridgehead atoms. The number of carbonyl (C=O) groups is 1. The lowest BCUT2D eigenvalue weighted by Crippen LogP contribution is -2.26. The molecule has 1 amide bonds. The van der Waals surface area contributed by atoms with Crippen molar-refractivity contribution in [2.45, 2.75) is 26.9 Å². The summed E-state index contributed by atoms with van der Waals surface area (Å²) in [6, 6.07) is 20.1. The number of benzene rings is 2. The van der Waals surface area contributed by atoms with Crippen LogP contribution in [-0.4, -0.2) is 22.4 Å². The van der Waals surface area contributed by atoms with Gasteiger partial charge < -0.3 is 10.2 Å². The first-order valence-corrected chi connectivity index (χ1v) is 9.10. The predicted octanol–water partition coefficient (Wildman–Crippen LogP) is 3.74. The molecule has 138 valence electrons. The molecule has 5 nitrogen and oxygen atoms in total. The Morgan fingerprint density at radius 3 is 2.44 bits per heavy atom. The van der Waals surface area contributed by atoms with Crippen molar-refractivity contribution in [1.29, 1.82) is 0 Å². The van der Waals surface area contributed by atoms with E-state index in [1.807, 2.05) is 49.4 Å². The summed E-state index contributed by atoms with van der Waals surface area (Å²) >= 11 is 0. The third kappa shape index (κ3) is 5.14. The van der Waals surface area contributed by atoms with Gasteiger partial charge in [0, 0.05) is 25.7 Å². The summed E-state index contributed by atoms with van der Waals surface area (Å²) in [5.74, 6) is 0.548. The predicted molar refractivity (Wildman–Crippen MR) is 108 cm³/mol. The Hall–Kier alpha value is -3.21. The fraction of sp³-hybridized carbons (Fsp3) is 0.227. The van der Waals surface area contributed by atoms with Crippen molar-refractivity contribution >= 4 is 11.7 Å². The lowest BCUT2D eigenvalue weighted by atomic mass is 10.1. The van der Waals surface area contributed by atoms with Gasteiger partial charge in [-0.25, -0.2) is 9.97 Å². The summed E-state index contributed by atoms with van der Waals surface area (Å²) in [5.41, 5.74) is 3.83. The lowest BCUT2D eigenvalue weighted by Gasteiger charge is -2.22. The first kappa shape index (κ1) is 18.6. The third-order valence-corrected chi connectivity index (χ3v) is 4.38. The average Bonchev–Trinajstić information content (AvgIpc) is 2.72. The fourth-order valence-electron chi connectivity index (χ4n) is 2.78. The molecule has 0 unspecified atom stereocenters. The van der Waals surface area contributed by atoms with Gasteiger partial charge in [0.2, 0.25) is 0 Å². The zero-order valence-electron chi connectivity index (χ0n) is 15.7. The largest absolute Gasteiger partial charge is 0.352 e. The summed E-state index contributed by atoms with van der Waals surface area (Å²) in [6.07, 6.45) is 1.45. The SMILES string of the molecule is CCN(Cc1ccccc1)c1cc(C(=O)NCc2ccc(C)cc2)ncn1. The summed E-state index contributed by atoms with van der Waals surface area (Å²) in [7, 11) is 0. The van der Waals surface area contributed by atoms with Gasteiger partial charge in [0.05, 0.1) is 0 Å². The second-order valence-electron chi connectivity index (χ2n) is 6.43. The van der Waals surface area contributed by atoms with E-state index in [1.165, 1.54) is 17.5 Å². The van der Waals surface area contributed by atoms with E-state index in [1.54, 1.807) is 6.07 Å². The van der Waals surface area contributed by atoms with Crippen molar-refractivity contribution in [2.75, 3.05) is 11.4 Å². The Morgan fingerprint density at radius 2 is 1.74 bits per heavy atom. The van der Waals surface area contributed by atoms with Gasteiger partial charge in [-0.05, 0) is 25.0 Å². The highest BCUT2D eigenvalue weighted by atomic mass is 16.1. The van der Waals surface area contributed by atoms with E-state index in [-0.39, 0.29) is 5.91 Å². The number of amides is 1. The highest BCUT2D eigenvalue weighted by Gasteiger charge is 2.12. The number of nitrogens with one attached hydrogen (secondary N) is 1. The minimum atomic E-state index is -0.199. The smallest absolute Gasteiger partial charge is 0.270 e. The van der Waals surface area contributed by atoms with Crippen LogP contribution in [0.1, 0.15) is 34.1 Å². The van der Waals surface area contributed by atoms with Crippen LogP contribution in [0.5, 0.6) is 0 Å². The second-order valence-corrected chi connectivity index (χ2v) is 6.43. The summed E-state index contributed by atoms with van der Waals surface area (Å²) in [6.45, 7) is 6.11. The third-order valence-electron chi connectivity index (χ3n) is 4.38. The molecule has 0 saturated heterocycles. The molecule has 0 aliphatic heterocycles. The van der Waals surface area contributed by atoms with Crippen molar-refractivity contribution in [3.8, 4) is 0 Å². The molecule has 0 fully saturated rings. The Kier molecular flexibility index (Phi) is 6.15. The van der Waals surface area contributed by atoms with Crippen LogP contribution in [-0.2, 0) is 13.1 Å². The van der Waals surface area contributed by atoms with Gasteiger partial charge in [-0.3, -0.25) is 4.79 Å². The van der Waals surface area contributed by atoms with Gasteiger partial charge >= 0.3 is 0 Å². The zero-order valence-corrected chi connectivity index (χ0v) is 15.7. The molecular formula is C22H24N4O. The molecule has 0 atom stereocenters. The molecule has 27 heavy (non-hydrogen) atoms. The molecule has 3 rings (SSSR count). The Labute approximate surface area is 160 Å². The lowest BCUT2D eigenvalue weighted by molar-refractivity contribution is 0.0945. The van der Waals surface area contributed by atoms with Crippen LogP contribution in [0.3, 0.4) is 0 Å². The van der Waals surface area contributed by atoms with E-state index in [2.05, 4.69) is 39.2 Å². The van der Waals surface area contributed by atoms with Gasteiger partial charge in [-0.15, -0.1) is 0 Å². The first-order chi connectivity index (χ1) is 13.2. The summed E-state index contributed by atoms with van der Waals surface area (Å²) < 4.78 is 0. The Balaban J connectivity index is 1.67. The van der Waals surface area contributed by atoms with E-state index in [0.717, 1.165) is 24.5 Å². The fourth-order valence-corrected chi connectivity index (χ4v) is 2.78. The van der Waals surface area contributed by atoms with E-state index < -0.39 is 0 Å². The van der Waals surface area contributed by atoms with Crippen molar-refractivity contribution in [1.82, 2.24) is 15.3 Å². The van der Waals surface area contributed by atoms with Crippen molar-refractivity contribution < 1.29 is 4.79 Å². The topological polar surface area (TPSA) is 58.1 Å². The van der Waals surface area contributed by atoms with E-state index >= 15 is 0 Å². The number of rotatable bonds is 7. The van der Waals surface area contributed by atoms with Crippen LogP contribution >= 0.6 is 0 Å². The Bertz CT molecular complexity index is 878. The molecule has 0 radical (unpaired) electrons. The monoisotopic (exact) mass is 360 g/mol. The molecule has 0 saturated carbocycles. The molecule has 1 heterocycles. The minimum Gasteiger partial charge on any atom is -0.352 e. The maximum absolute atomic E-state index is 12.5. The standard InChI is InChI=1S/C22H24N4O/c1-3-26(15-19-7-5-4-6-8-19)21-13-20(24-16-25-21)22(27)23-14-18-11-9-17(2)10-12-18/h4-13,16H,3,14-15H2,1-2H3,(H,23,27). The van der Waals surface area contributed by atoms with E-state index in [4.69, 9.17) is 0 Å². The zero-order chi connectivity index (χ0) is 19.1. The van der Waals surface area contributed by atoms with E-state index in [0.29, 0.717) is 12.2 Å². The highest BCUT2D eigenvalue weighted by Crippen LogP contribution is 2.15. The second kappa shape index (κ2) is 8.94. The van der Waals surface area contributed by atoms with Crippen LogP contribution in [0.25, 0.3) is 0 Å². The molecule has 0 aliphatic rings. The van der Waals surface area contributed by atoms with Gasteiger partial charge in [0.25, 0.3) is 5.91 Å². The van der Waals surface area contributed by atoms with Gasteiger partial charge in [-0.1, -0.05) is 60.2 Å². The van der Waals surface area contributed by atoms with Crippen LogP contribution in [0.15, 0.2) is 67.0 Å². The number of carbonyl (C=O) groups excluding carboxylic acids is 1. The van der Waals surface area contributed by atoms with Crippen molar-refractivity contribution in [3.05, 3.63) is 89.4 Å².